The van der Waals surface area contributed by atoms with Gasteiger partial charge in [-0.15, -0.1) is 0 Å². The number of nitrogens with zero attached hydrogens (tertiary/aromatic N) is 3. The first-order chi connectivity index (χ1) is 15.4. The van der Waals surface area contributed by atoms with E-state index in [0.717, 1.165) is 35.8 Å². The molecule has 2 amide bonds. The van der Waals surface area contributed by atoms with Crippen molar-refractivity contribution in [2.24, 2.45) is 5.92 Å². The molecule has 3 aliphatic heterocycles. The van der Waals surface area contributed by atoms with Crippen molar-refractivity contribution in [3.63, 3.8) is 0 Å². The normalized spacial score (nSPS) is 27.0. The maximum absolute atomic E-state index is 13.7. The maximum atomic E-state index is 13.7. The number of methoxy groups -OCH3 is 1. The van der Waals surface area contributed by atoms with Crippen molar-refractivity contribution in [1.82, 2.24) is 9.80 Å². The summed E-state index contributed by atoms with van der Waals surface area (Å²) >= 11 is 0. The number of carbonyl (C=O) groups is 2. The minimum Gasteiger partial charge on any atom is -0.497 e. The van der Waals surface area contributed by atoms with Crippen molar-refractivity contribution < 1.29 is 19.1 Å². The number of amides is 2. The highest BCUT2D eigenvalue weighted by molar-refractivity contribution is 6.02. The summed E-state index contributed by atoms with van der Waals surface area (Å²) in [4.78, 5) is 32.8. The van der Waals surface area contributed by atoms with Gasteiger partial charge in [0, 0.05) is 57.3 Å². The molecule has 2 aromatic carbocycles. The fourth-order valence-corrected chi connectivity index (χ4v) is 5.26. The summed E-state index contributed by atoms with van der Waals surface area (Å²) in [5.41, 5.74) is 1.32. The van der Waals surface area contributed by atoms with E-state index in [1.54, 1.807) is 19.1 Å². The zero-order chi connectivity index (χ0) is 22.5. The third kappa shape index (κ3) is 3.27. The van der Waals surface area contributed by atoms with Gasteiger partial charge in [0.25, 0.3) is 0 Å². The number of rotatable bonds is 3. The second kappa shape index (κ2) is 7.73. The Morgan fingerprint density at radius 3 is 2.59 bits per heavy atom. The van der Waals surface area contributed by atoms with Crippen molar-refractivity contribution >= 4 is 17.5 Å². The molecule has 0 unspecified atom stereocenters. The lowest BCUT2D eigenvalue weighted by atomic mass is 9.73. The smallest absolute Gasteiger partial charge is 0.238 e. The third-order valence-corrected chi connectivity index (χ3v) is 7.23. The van der Waals surface area contributed by atoms with Crippen LogP contribution in [0.5, 0.6) is 11.5 Å². The van der Waals surface area contributed by atoms with Gasteiger partial charge in [0.2, 0.25) is 11.8 Å². The Hall–Kier alpha value is -3.22. The molecule has 168 valence electrons. The Kier molecular flexibility index (Phi) is 4.99. The summed E-state index contributed by atoms with van der Waals surface area (Å²) in [7, 11) is 3.40. The number of hydrogen-bond acceptors (Lipinski definition) is 5. The predicted molar refractivity (Wildman–Crippen MR) is 121 cm³/mol. The van der Waals surface area contributed by atoms with Gasteiger partial charge in [0.1, 0.15) is 17.4 Å². The molecule has 0 N–H and O–H groups in total. The monoisotopic (exact) mass is 435 g/mol. The van der Waals surface area contributed by atoms with E-state index in [1.807, 2.05) is 54.3 Å². The molecule has 7 nitrogen and oxygen atoms in total. The average Bonchev–Trinajstić information content (AvgIpc) is 2.83. The highest BCUT2D eigenvalue weighted by Crippen LogP contribution is 2.50. The minimum absolute atomic E-state index is 0.0732. The second-order valence-electron chi connectivity index (χ2n) is 9.01. The molecule has 3 atom stereocenters. The first-order valence-electron chi connectivity index (χ1n) is 11.1. The van der Waals surface area contributed by atoms with Gasteiger partial charge in [0.15, 0.2) is 5.72 Å². The number of ether oxygens (including phenoxy) is 2. The number of fused-ring (bicyclic) bond motifs is 4. The van der Waals surface area contributed by atoms with Crippen molar-refractivity contribution in [3.05, 3.63) is 54.1 Å². The van der Waals surface area contributed by atoms with Crippen molar-refractivity contribution in [2.75, 3.05) is 45.2 Å². The van der Waals surface area contributed by atoms with Crippen LogP contribution in [0.25, 0.3) is 0 Å². The van der Waals surface area contributed by atoms with Crippen LogP contribution in [0.2, 0.25) is 0 Å². The SMILES string of the molecule is COc1cccc(N2CCN(C(=O)[C@@H]3C(=O)N(C)[C@@]4(C)C[C@@H]3c3ccccc3O4)CC2)c1. The zero-order valence-corrected chi connectivity index (χ0v) is 18.8. The Balaban J connectivity index is 1.36. The van der Waals surface area contributed by atoms with E-state index in [9.17, 15) is 9.59 Å². The minimum atomic E-state index is -0.724. The van der Waals surface area contributed by atoms with Crippen molar-refractivity contribution in [1.29, 1.82) is 0 Å². The molecule has 2 fully saturated rings. The lowest BCUT2D eigenvalue weighted by Crippen LogP contribution is -2.64. The summed E-state index contributed by atoms with van der Waals surface area (Å²) in [6, 6.07) is 15.8. The number of para-hydroxylation sites is 1. The van der Waals surface area contributed by atoms with E-state index >= 15 is 0 Å². The molecule has 0 aromatic heterocycles. The van der Waals surface area contributed by atoms with Crippen LogP contribution in [-0.2, 0) is 9.59 Å². The van der Waals surface area contributed by atoms with Gasteiger partial charge in [0.05, 0.1) is 7.11 Å². The second-order valence-corrected chi connectivity index (χ2v) is 9.01. The first-order valence-corrected chi connectivity index (χ1v) is 11.1. The van der Waals surface area contributed by atoms with Crippen LogP contribution in [-0.4, -0.2) is 67.7 Å². The molecule has 2 aromatic rings. The van der Waals surface area contributed by atoms with Crippen LogP contribution in [0.15, 0.2) is 48.5 Å². The van der Waals surface area contributed by atoms with E-state index in [4.69, 9.17) is 9.47 Å². The Labute approximate surface area is 188 Å². The third-order valence-electron chi connectivity index (χ3n) is 7.23. The van der Waals surface area contributed by atoms with Gasteiger partial charge in [-0.05, 0) is 30.7 Å². The summed E-state index contributed by atoms with van der Waals surface area (Å²) < 4.78 is 11.5. The molecule has 5 rings (SSSR count). The topological polar surface area (TPSA) is 62.3 Å². The summed E-state index contributed by atoms with van der Waals surface area (Å²) in [6.07, 6.45) is 0.617. The first kappa shape index (κ1) is 20.7. The molecule has 2 saturated heterocycles. The number of likely N-dealkylation sites (tertiary alicyclic amines) is 1. The van der Waals surface area contributed by atoms with E-state index in [-0.39, 0.29) is 17.7 Å². The molecule has 7 heteroatoms. The Bertz CT molecular complexity index is 1050. The van der Waals surface area contributed by atoms with E-state index < -0.39 is 11.6 Å². The van der Waals surface area contributed by atoms with Gasteiger partial charge in [-0.2, -0.15) is 0 Å². The van der Waals surface area contributed by atoms with Gasteiger partial charge in [-0.25, -0.2) is 0 Å². The van der Waals surface area contributed by atoms with Crippen LogP contribution in [0.3, 0.4) is 0 Å². The Morgan fingerprint density at radius 1 is 1.09 bits per heavy atom. The molecule has 2 bridgehead atoms. The maximum Gasteiger partial charge on any atom is 0.238 e. The quantitative estimate of drug-likeness (QED) is 0.694. The van der Waals surface area contributed by atoms with Crippen molar-refractivity contribution in [2.45, 2.75) is 25.0 Å². The highest BCUT2D eigenvalue weighted by Gasteiger charge is 2.55. The number of carbonyl (C=O) groups excluding carboxylic acids is 2. The number of hydrogen-bond donors (Lipinski definition) is 0. The van der Waals surface area contributed by atoms with Crippen molar-refractivity contribution in [3.8, 4) is 11.5 Å². The van der Waals surface area contributed by atoms with Crippen LogP contribution in [0, 0.1) is 5.92 Å². The molecule has 3 aliphatic rings. The van der Waals surface area contributed by atoms with Crippen LogP contribution < -0.4 is 14.4 Å². The number of piperazine rings is 1. The number of piperidine rings is 1. The standard InChI is InChI=1S/C25H29N3O4/c1-25-16-20(19-9-4-5-10-21(19)32-25)22(23(29)26(25)2)24(30)28-13-11-27(12-14-28)17-7-6-8-18(15-17)31-3/h4-10,15,20,22H,11-14,16H2,1-3H3/t20-,22+,25-/m1/s1. The van der Waals surface area contributed by atoms with E-state index in [1.165, 1.54) is 0 Å². The number of anilines is 1. The fraction of sp³-hybridized carbons (Fsp3) is 0.440. The molecule has 0 aliphatic carbocycles. The van der Waals surface area contributed by atoms with E-state index in [0.29, 0.717) is 19.5 Å². The largest absolute Gasteiger partial charge is 0.497 e. The van der Waals surface area contributed by atoms with Gasteiger partial charge < -0.3 is 24.2 Å². The van der Waals surface area contributed by atoms with Gasteiger partial charge >= 0.3 is 0 Å². The zero-order valence-electron chi connectivity index (χ0n) is 18.8. The number of benzene rings is 2. The molecule has 3 heterocycles. The molecule has 0 radical (unpaired) electrons. The highest BCUT2D eigenvalue weighted by atomic mass is 16.5. The summed E-state index contributed by atoms with van der Waals surface area (Å²) in [5.74, 6) is 0.484. The van der Waals surface area contributed by atoms with Gasteiger partial charge in [-0.1, -0.05) is 24.3 Å². The van der Waals surface area contributed by atoms with Crippen LogP contribution >= 0.6 is 0 Å². The van der Waals surface area contributed by atoms with E-state index in [2.05, 4.69) is 11.0 Å². The average molecular weight is 436 g/mol. The Morgan fingerprint density at radius 2 is 1.84 bits per heavy atom. The molecular weight excluding hydrogens is 406 g/mol. The lowest BCUT2D eigenvalue weighted by molar-refractivity contribution is -0.174. The summed E-state index contributed by atoms with van der Waals surface area (Å²) in [6.45, 7) is 4.55. The summed E-state index contributed by atoms with van der Waals surface area (Å²) in [5, 5.41) is 0. The fourth-order valence-electron chi connectivity index (χ4n) is 5.26. The van der Waals surface area contributed by atoms with Crippen LogP contribution in [0.1, 0.15) is 24.8 Å². The molecule has 32 heavy (non-hydrogen) atoms. The van der Waals surface area contributed by atoms with Crippen LogP contribution in [0.4, 0.5) is 5.69 Å². The molecular formula is C25H29N3O4. The lowest BCUT2D eigenvalue weighted by Gasteiger charge is -2.52. The molecule has 0 spiro atoms. The molecule has 0 saturated carbocycles. The predicted octanol–water partition coefficient (Wildman–Crippen LogP) is 2.71. The van der Waals surface area contributed by atoms with Gasteiger partial charge in [-0.3, -0.25) is 9.59 Å².